The Bertz CT molecular complexity index is 569. The van der Waals surface area contributed by atoms with Crippen LogP contribution in [0, 0.1) is 0 Å². The lowest BCUT2D eigenvalue weighted by Crippen LogP contribution is -2.35. The van der Waals surface area contributed by atoms with Crippen LogP contribution in [0.25, 0.3) is 0 Å². The molecule has 1 aromatic carbocycles. The predicted molar refractivity (Wildman–Crippen MR) is 94.0 cm³/mol. The van der Waals surface area contributed by atoms with Crippen LogP contribution in [0.4, 0.5) is 4.79 Å². The van der Waals surface area contributed by atoms with Crippen molar-refractivity contribution in [3.63, 3.8) is 0 Å². The van der Waals surface area contributed by atoms with Crippen LogP contribution in [0.2, 0.25) is 0 Å². The fourth-order valence-electron chi connectivity index (χ4n) is 2.76. The molecule has 5 heteroatoms. The molecular weight excluding hydrogens is 304 g/mol. The molecule has 1 N–H and O–H groups in total. The first-order valence-electron chi connectivity index (χ1n) is 8.65. The van der Waals surface area contributed by atoms with E-state index in [1.165, 1.54) is 6.42 Å². The van der Waals surface area contributed by atoms with E-state index in [1.54, 1.807) is 0 Å². The van der Waals surface area contributed by atoms with Gasteiger partial charge in [-0.05, 0) is 64.7 Å². The minimum absolute atomic E-state index is 0.0917. The van der Waals surface area contributed by atoms with Gasteiger partial charge in [0.15, 0.2) is 0 Å². The minimum Gasteiger partial charge on any atom is -0.444 e. The van der Waals surface area contributed by atoms with Gasteiger partial charge in [0, 0.05) is 18.7 Å². The highest BCUT2D eigenvalue weighted by Gasteiger charge is 2.20. The monoisotopic (exact) mass is 332 g/mol. The van der Waals surface area contributed by atoms with Gasteiger partial charge >= 0.3 is 6.09 Å². The summed E-state index contributed by atoms with van der Waals surface area (Å²) in [6, 6.07) is 7.26. The van der Waals surface area contributed by atoms with E-state index >= 15 is 0 Å². The summed E-state index contributed by atoms with van der Waals surface area (Å²) in [5.74, 6) is 0.0917. The molecular formula is C19H28N2O3. The van der Waals surface area contributed by atoms with Crippen molar-refractivity contribution in [2.45, 2.75) is 58.6 Å². The van der Waals surface area contributed by atoms with Gasteiger partial charge in [-0.1, -0.05) is 12.1 Å². The molecule has 2 rings (SSSR count). The molecule has 1 aliphatic rings. The van der Waals surface area contributed by atoms with Crippen molar-refractivity contribution in [1.82, 2.24) is 10.2 Å². The zero-order valence-corrected chi connectivity index (χ0v) is 15.1. The molecule has 1 atom stereocenters. The lowest BCUT2D eigenvalue weighted by atomic mass is 10.0. The number of carbonyl (C=O) groups is 2. The number of alkyl carbamates (subject to hydrolysis) is 1. The van der Waals surface area contributed by atoms with Crippen LogP contribution in [0.5, 0.6) is 0 Å². The SMILES string of the molecule is CC(NC(=O)OC(C)(C)C)c1ccc(C(=O)N2CCCCC2)cc1. The third-order valence-electron chi connectivity index (χ3n) is 4.03. The van der Waals surface area contributed by atoms with Gasteiger partial charge in [-0.15, -0.1) is 0 Å². The summed E-state index contributed by atoms with van der Waals surface area (Å²) in [5, 5.41) is 2.81. The number of amides is 2. The predicted octanol–water partition coefficient (Wildman–Crippen LogP) is 3.90. The largest absolute Gasteiger partial charge is 0.444 e. The molecule has 1 aromatic rings. The quantitative estimate of drug-likeness (QED) is 0.913. The second-order valence-electron chi connectivity index (χ2n) is 7.34. The average Bonchev–Trinajstić information content (AvgIpc) is 2.53. The van der Waals surface area contributed by atoms with E-state index in [9.17, 15) is 9.59 Å². The summed E-state index contributed by atoms with van der Waals surface area (Å²) in [6.07, 6.45) is 2.93. The lowest BCUT2D eigenvalue weighted by Gasteiger charge is -2.27. The van der Waals surface area contributed by atoms with E-state index < -0.39 is 11.7 Å². The third kappa shape index (κ3) is 5.25. The molecule has 0 aliphatic carbocycles. The fourth-order valence-corrected chi connectivity index (χ4v) is 2.76. The van der Waals surface area contributed by atoms with E-state index in [0.717, 1.165) is 31.5 Å². The molecule has 1 saturated heterocycles. The normalized spacial score (nSPS) is 16.4. The Morgan fingerprint density at radius 1 is 1.08 bits per heavy atom. The Morgan fingerprint density at radius 2 is 1.67 bits per heavy atom. The molecule has 0 bridgehead atoms. The van der Waals surface area contributed by atoms with Gasteiger partial charge in [0.2, 0.25) is 0 Å². The van der Waals surface area contributed by atoms with Crippen LogP contribution in [0.1, 0.15) is 68.9 Å². The fraction of sp³-hybridized carbons (Fsp3) is 0.579. The van der Waals surface area contributed by atoms with E-state index in [-0.39, 0.29) is 11.9 Å². The van der Waals surface area contributed by atoms with Crippen LogP contribution in [0.15, 0.2) is 24.3 Å². The summed E-state index contributed by atoms with van der Waals surface area (Å²) in [5.41, 5.74) is 1.12. The topological polar surface area (TPSA) is 58.6 Å². The molecule has 1 unspecified atom stereocenters. The van der Waals surface area contributed by atoms with Crippen LogP contribution < -0.4 is 5.32 Å². The third-order valence-corrected chi connectivity index (χ3v) is 4.03. The van der Waals surface area contributed by atoms with Crippen LogP contribution in [0.3, 0.4) is 0 Å². The number of nitrogens with one attached hydrogen (secondary N) is 1. The van der Waals surface area contributed by atoms with Gasteiger partial charge in [0.05, 0.1) is 6.04 Å². The number of nitrogens with zero attached hydrogens (tertiary/aromatic N) is 1. The standard InChI is InChI=1S/C19H28N2O3/c1-14(20-18(23)24-19(2,3)4)15-8-10-16(11-9-15)17(22)21-12-6-5-7-13-21/h8-11,14H,5-7,12-13H2,1-4H3,(H,20,23). The Morgan fingerprint density at radius 3 is 2.21 bits per heavy atom. The zero-order valence-electron chi connectivity index (χ0n) is 15.1. The molecule has 1 aliphatic heterocycles. The van der Waals surface area contributed by atoms with Crippen molar-refractivity contribution in [3.8, 4) is 0 Å². The van der Waals surface area contributed by atoms with Crippen molar-refractivity contribution in [3.05, 3.63) is 35.4 Å². The Labute approximate surface area is 144 Å². The Kier molecular flexibility index (Phi) is 5.86. The van der Waals surface area contributed by atoms with Crippen molar-refractivity contribution < 1.29 is 14.3 Å². The molecule has 0 spiro atoms. The maximum absolute atomic E-state index is 12.5. The summed E-state index contributed by atoms with van der Waals surface area (Å²) >= 11 is 0. The molecule has 5 nitrogen and oxygen atoms in total. The number of ether oxygens (including phenoxy) is 1. The summed E-state index contributed by atoms with van der Waals surface area (Å²) in [6.45, 7) is 9.08. The maximum Gasteiger partial charge on any atom is 0.408 e. The zero-order chi connectivity index (χ0) is 17.7. The highest BCUT2D eigenvalue weighted by Crippen LogP contribution is 2.17. The van der Waals surface area contributed by atoms with E-state index in [1.807, 2.05) is 56.9 Å². The number of carbonyl (C=O) groups excluding carboxylic acids is 2. The number of hydrogen-bond donors (Lipinski definition) is 1. The van der Waals surface area contributed by atoms with Gasteiger partial charge < -0.3 is 15.0 Å². The summed E-state index contributed by atoms with van der Waals surface area (Å²) < 4.78 is 5.26. The van der Waals surface area contributed by atoms with Crippen molar-refractivity contribution in [2.24, 2.45) is 0 Å². The highest BCUT2D eigenvalue weighted by molar-refractivity contribution is 5.94. The van der Waals surface area contributed by atoms with E-state index in [0.29, 0.717) is 5.56 Å². The van der Waals surface area contributed by atoms with Gasteiger partial charge in [0.1, 0.15) is 5.60 Å². The number of hydrogen-bond acceptors (Lipinski definition) is 3. The van der Waals surface area contributed by atoms with Crippen molar-refractivity contribution in [2.75, 3.05) is 13.1 Å². The van der Waals surface area contributed by atoms with Gasteiger partial charge in [0.25, 0.3) is 5.91 Å². The molecule has 0 aromatic heterocycles. The first-order chi connectivity index (χ1) is 11.3. The molecule has 0 saturated carbocycles. The molecule has 0 radical (unpaired) electrons. The highest BCUT2D eigenvalue weighted by atomic mass is 16.6. The minimum atomic E-state index is -0.519. The first kappa shape index (κ1) is 18.3. The molecule has 24 heavy (non-hydrogen) atoms. The van der Waals surface area contributed by atoms with Crippen LogP contribution in [-0.4, -0.2) is 35.6 Å². The Hall–Kier alpha value is -2.04. The molecule has 1 heterocycles. The van der Waals surface area contributed by atoms with E-state index in [4.69, 9.17) is 4.74 Å². The van der Waals surface area contributed by atoms with Crippen LogP contribution in [-0.2, 0) is 4.74 Å². The summed E-state index contributed by atoms with van der Waals surface area (Å²) in [7, 11) is 0. The smallest absolute Gasteiger partial charge is 0.408 e. The maximum atomic E-state index is 12.5. The van der Waals surface area contributed by atoms with E-state index in [2.05, 4.69) is 5.32 Å². The molecule has 1 fully saturated rings. The van der Waals surface area contributed by atoms with Crippen LogP contribution >= 0.6 is 0 Å². The average molecular weight is 332 g/mol. The molecule has 2 amide bonds. The van der Waals surface area contributed by atoms with Gasteiger partial charge in [-0.2, -0.15) is 0 Å². The second-order valence-corrected chi connectivity index (χ2v) is 7.34. The molecule has 132 valence electrons. The number of likely N-dealkylation sites (tertiary alicyclic amines) is 1. The number of benzene rings is 1. The second kappa shape index (κ2) is 7.69. The van der Waals surface area contributed by atoms with Gasteiger partial charge in [-0.25, -0.2) is 4.79 Å². The summed E-state index contributed by atoms with van der Waals surface area (Å²) in [4.78, 5) is 26.2. The number of rotatable bonds is 3. The van der Waals surface area contributed by atoms with Crippen molar-refractivity contribution in [1.29, 1.82) is 0 Å². The van der Waals surface area contributed by atoms with Gasteiger partial charge in [-0.3, -0.25) is 4.79 Å². The first-order valence-corrected chi connectivity index (χ1v) is 8.65. The van der Waals surface area contributed by atoms with Crippen molar-refractivity contribution >= 4 is 12.0 Å². The lowest BCUT2D eigenvalue weighted by molar-refractivity contribution is 0.0507. The Balaban J connectivity index is 1.95. The number of piperidine rings is 1.